The molecule has 2 aromatic carbocycles. The number of aromatic nitrogens is 2. The maximum absolute atomic E-state index is 13.9. The second-order valence-corrected chi connectivity index (χ2v) is 16.5. The summed E-state index contributed by atoms with van der Waals surface area (Å²) in [5, 5.41) is 0. The third kappa shape index (κ3) is 11.7. The smallest absolute Gasteiger partial charge is 0.416 e. The lowest BCUT2D eigenvalue weighted by atomic mass is 9.99. The van der Waals surface area contributed by atoms with Crippen LogP contribution < -0.4 is 20.9 Å². The lowest BCUT2D eigenvalue weighted by Gasteiger charge is -2.24. The maximum atomic E-state index is 13.9. The summed E-state index contributed by atoms with van der Waals surface area (Å²) >= 11 is 0. The van der Waals surface area contributed by atoms with Crippen molar-refractivity contribution in [3.8, 4) is 11.5 Å². The molecule has 2 saturated heterocycles. The Morgan fingerprint density at radius 3 is 1.33 bits per heavy atom. The number of benzene rings is 2. The highest BCUT2D eigenvalue weighted by Crippen LogP contribution is 2.40. The molecule has 60 heavy (non-hydrogen) atoms. The normalized spacial score (nSPS) is 17.4. The second kappa shape index (κ2) is 17.0. The van der Waals surface area contributed by atoms with Crippen LogP contribution in [0, 0.1) is 0 Å². The molecule has 3 heterocycles. The molecule has 20 heteroatoms. The molecule has 4 N–H and O–H groups in total. The van der Waals surface area contributed by atoms with Crippen LogP contribution in [0.15, 0.2) is 36.7 Å². The quantitative estimate of drug-likeness (QED) is 0.118. The number of hydrogen-bond donors (Lipinski definition) is 2. The molecule has 0 bridgehead atoms. The first-order valence-electron chi connectivity index (χ1n) is 18.8. The van der Waals surface area contributed by atoms with E-state index >= 15 is 0 Å². The number of halogens is 6. The Morgan fingerprint density at radius 2 is 1.00 bits per heavy atom. The van der Waals surface area contributed by atoms with Gasteiger partial charge in [0.15, 0.2) is 11.6 Å². The minimum Gasteiger partial charge on any atom is -0.486 e. The van der Waals surface area contributed by atoms with Crippen molar-refractivity contribution in [1.82, 2.24) is 19.8 Å². The van der Waals surface area contributed by atoms with Gasteiger partial charge in [-0.05, 0) is 71.9 Å². The van der Waals surface area contributed by atoms with E-state index in [1.807, 2.05) is 0 Å². The molecule has 0 radical (unpaired) electrons. The van der Waals surface area contributed by atoms with Crippen molar-refractivity contribution in [2.45, 2.75) is 103 Å². The molecule has 2 aliphatic rings. The fourth-order valence-corrected chi connectivity index (χ4v) is 6.46. The van der Waals surface area contributed by atoms with Crippen molar-refractivity contribution in [1.29, 1.82) is 0 Å². The Kier molecular flexibility index (Phi) is 12.9. The number of nitrogens with two attached hydrogens (primary N) is 2. The van der Waals surface area contributed by atoms with Gasteiger partial charge in [-0.3, -0.25) is 9.59 Å². The lowest BCUT2D eigenvalue weighted by molar-refractivity contribution is -0.138. The van der Waals surface area contributed by atoms with Crippen molar-refractivity contribution >= 4 is 35.1 Å². The SMILES string of the molecule is CC(C)(C)OC(=O)N1CC[C@@H](Oc2c(N)cc(C(F)(F)F)cc2CC(=O)c2cc(C(=O)Cc3cc(C(F)(F)F)cc(N)c3O[C@@H]3CCN(C(=O)OC(C)(C)C)C3)ncn2)C1. The fraction of sp³-hybridized carbons (Fsp3) is 0.500. The van der Waals surface area contributed by atoms with Crippen molar-refractivity contribution in [3.63, 3.8) is 0 Å². The number of ketones is 2. The van der Waals surface area contributed by atoms with Gasteiger partial charge in [0.2, 0.25) is 0 Å². The van der Waals surface area contributed by atoms with Crippen LogP contribution in [0.25, 0.3) is 0 Å². The van der Waals surface area contributed by atoms with Gasteiger partial charge in [-0.1, -0.05) is 0 Å². The van der Waals surface area contributed by atoms with E-state index in [4.69, 9.17) is 30.4 Å². The van der Waals surface area contributed by atoms with E-state index < -0.39 is 106 Å². The monoisotopic (exact) mass is 852 g/mol. The van der Waals surface area contributed by atoms with Gasteiger partial charge in [0, 0.05) is 49.9 Å². The minimum atomic E-state index is -4.86. The predicted octanol–water partition coefficient (Wildman–Crippen LogP) is 7.31. The molecule has 2 aliphatic heterocycles. The van der Waals surface area contributed by atoms with Crippen molar-refractivity contribution in [2.75, 3.05) is 37.6 Å². The van der Waals surface area contributed by atoms with Gasteiger partial charge in [0.1, 0.15) is 52.6 Å². The number of nitrogens with zero attached hydrogens (tertiary/aromatic N) is 4. The molecule has 2 atom stereocenters. The zero-order valence-electron chi connectivity index (χ0n) is 33.8. The Labute approximate surface area is 341 Å². The number of amides is 2. The molecule has 0 aliphatic carbocycles. The second-order valence-electron chi connectivity index (χ2n) is 16.5. The minimum absolute atomic E-state index is 0.0234. The van der Waals surface area contributed by atoms with Crippen molar-refractivity contribution < 1.29 is 64.5 Å². The van der Waals surface area contributed by atoms with Gasteiger partial charge in [-0.25, -0.2) is 19.6 Å². The number of alkyl halides is 6. The van der Waals surface area contributed by atoms with Crippen LogP contribution in [-0.2, 0) is 34.7 Å². The van der Waals surface area contributed by atoms with Crippen LogP contribution in [0.4, 0.5) is 47.3 Å². The van der Waals surface area contributed by atoms with Crippen LogP contribution in [0.2, 0.25) is 0 Å². The van der Waals surface area contributed by atoms with Gasteiger partial charge in [0.05, 0.1) is 35.6 Å². The highest BCUT2D eigenvalue weighted by Gasteiger charge is 2.37. The number of hydrogen-bond acceptors (Lipinski definition) is 12. The van der Waals surface area contributed by atoms with E-state index in [1.165, 1.54) is 9.80 Å². The van der Waals surface area contributed by atoms with Crippen LogP contribution in [0.3, 0.4) is 0 Å². The van der Waals surface area contributed by atoms with E-state index in [1.54, 1.807) is 41.5 Å². The first-order valence-corrected chi connectivity index (χ1v) is 18.8. The number of nitrogen functional groups attached to an aromatic ring is 2. The van der Waals surface area contributed by atoms with E-state index in [0.29, 0.717) is 24.3 Å². The summed E-state index contributed by atoms with van der Waals surface area (Å²) in [6.07, 6.45) is -12.4. The third-order valence-electron chi connectivity index (χ3n) is 9.15. The van der Waals surface area contributed by atoms with E-state index in [9.17, 15) is 45.5 Å². The third-order valence-corrected chi connectivity index (χ3v) is 9.15. The molecule has 1 aromatic heterocycles. The Hall–Kier alpha value is -5.82. The topological polar surface area (TPSA) is 189 Å². The van der Waals surface area contributed by atoms with Gasteiger partial charge in [-0.15, -0.1) is 0 Å². The summed E-state index contributed by atoms with van der Waals surface area (Å²) in [7, 11) is 0. The molecular formula is C40H46F6N6O8. The van der Waals surface area contributed by atoms with E-state index in [0.717, 1.165) is 12.4 Å². The lowest BCUT2D eigenvalue weighted by Crippen LogP contribution is -2.36. The highest BCUT2D eigenvalue weighted by atomic mass is 19.4. The zero-order valence-corrected chi connectivity index (χ0v) is 33.8. The number of anilines is 2. The van der Waals surface area contributed by atoms with Gasteiger partial charge >= 0.3 is 24.5 Å². The number of rotatable bonds is 10. The average molecular weight is 853 g/mol. The van der Waals surface area contributed by atoms with Gasteiger partial charge < -0.3 is 40.2 Å². The first kappa shape index (κ1) is 45.3. The highest BCUT2D eigenvalue weighted by molar-refractivity contribution is 6.01. The van der Waals surface area contributed by atoms with E-state index in [-0.39, 0.29) is 61.6 Å². The van der Waals surface area contributed by atoms with Crippen LogP contribution in [0.1, 0.15) is 97.6 Å². The Bertz CT molecular complexity index is 1990. The van der Waals surface area contributed by atoms with Crippen LogP contribution in [0.5, 0.6) is 11.5 Å². The predicted molar refractivity (Wildman–Crippen MR) is 203 cm³/mol. The molecule has 2 amide bonds. The molecule has 14 nitrogen and oxygen atoms in total. The summed E-state index contributed by atoms with van der Waals surface area (Å²) in [5.74, 6) is -2.19. The summed E-state index contributed by atoms with van der Waals surface area (Å²) < 4.78 is 106. The number of ether oxygens (including phenoxy) is 4. The number of carbonyl (C=O) groups excluding carboxylic acids is 4. The largest absolute Gasteiger partial charge is 0.486 e. The molecule has 2 fully saturated rings. The fourth-order valence-electron chi connectivity index (χ4n) is 6.46. The molecule has 3 aromatic rings. The molecule has 5 rings (SSSR count). The van der Waals surface area contributed by atoms with E-state index in [2.05, 4.69) is 9.97 Å². The van der Waals surface area contributed by atoms with Gasteiger partial charge in [-0.2, -0.15) is 26.3 Å². The van der Waals surface area contributed by atoms with Crippen molar-refractivity contribution in [2.24, 2.45) is 0 Å². The molecule has 326 valence electrons. The van der Waals surface area contributed by atoms with Crippen LogP contribution >= 0.6 is 0 Å². The molecule has 0 spiro atoms. The summed E-state index contributed by atoms with van der Waals surface area (Å²) in [6.45, 7) is 10.6. The Morgan fingerprint density at radius 1 is 0.633 bits per heavy atom. The molecular weight excluding hydrogens is 806 g/mol. The van der Waals surface area contributed by atoms with Crippen LogP contribution in [-0.4, -0.2) is 93.1 Å². The average Bonchev–Trinajstić information content (AvgIpc) is 3.79. The standard InChI is InChI=1S/C40H46F6N6O8/c1-37(2,3)59-35(55)51-9-7-25(18-51)57-33-21(11-23(15-27(33)47)39(41,42)43)13-31(53)29-17-30(50-20-49-29)32(54)14-22-12-24(40(44,45)46)16-28(48)34(22)58-26-8-10-52(19-26)36(56)60-38(4,5)6/h11-12,15-17,20,25-26H,7-10,13-14,18-19,47-48H2,1-6H3/t25-,26-/m1/s1. The van der Waals surface area contributed by atoms with Gasteiger partial charge in [0.25, 0.3) is 0 Å². The zero-order chi connectivity index (χ0) is 44.5. The first-order chi connectivity index (χ1) is 27.7. The number of likely N-dealkylation sites (tertiary alicyclic amines) is 2. The summed E-state index contributed by atoms with van der Waals surface area (Å²) in [4.78, 5) is 63.0. The number of Topliss-reactive ketones (excluding diaryl/α,β-unsaturated/α-hetero) is 2. The number of carbonyl (C=O) groups is 4. The maximum Gasteiger partial charge on any atom is 0.416 e. The molecule has 0 saturated carbocycles. The Balaban J connectivity index is 1.37. The molecule has 0 unspecified atom stereocenters. The summed E-state index contributed by atoms with van der Waals surface area (Å²) in [5.41, 5.74) is 6.07. The van der Waals surface area contributed by atoms with Crippen molar-refractivity contribution in [3.05, 3.63) is 70.3 Å². The summed E-state index contributed by atoms with van der Waals surface area (Å²) in [6, 6.07) is 3.69.